The highest BCUT2D eigenvalue weighted by atomic mass is 19.4. The van der Waals surface area contributed by atoms with Gasteiger partial charge in [0.1, 0.15) is 5.82 Å². The maximum absolute atomic E-state index is 13.4. The molecule has 7 nitrogen and oxygen atoms in total. The Morgan fingerprint density at radius 1 is 1.08 bits per heavy atom. The number of amides is 2. The lowest BCUT2D eigenvalue weighted by molar-refractivity contribution is -0.137. The van der Waals surface area contributed by atoms with E-state index in [-0.39, 0.29) is 24.0 Å². The summed E-state index contributed by atoms with van der Waals surface area (Å²) >= 11 is 0. The molecule has 2 atom stereocenters. The van der Waals surface area contributed by atoms with E-state index in [0.29, 0.717) is 29.3 Å². The van der Waals surface area contributed by atoms with Crippen LogP contribution in [0.25, 0.3) is 11.3 Å². The van der Waals surface area contributed by atoms with E-state index in [1.807, 2.05) is 18.2 Å². The lowest BCUT2D eigenvalue weighted by Gasteiger charge is -2.24. The topological polar surface area (TPSA) is 110 Å². The summed E-state index contributed by atoms with van der Waals surface area (Å²) in [6.45, 7) is 0.335. The minimum atomic E-state index is -4.45. The third-order valence-electron chi connectivity index (χ3n) is 6.70. The third-order valence-corrected chi connectivity index (χ3v) is 6.70. The van der Waals surface area contributed by atoms with Gasteiger partial charge in [-0.05, 0) is 48.7 Å². The highest BCUT2D eigenvalue weighted by Crippen LogP contribution is 2.49. The zero-order valence-corrected chi connectivity index (χ0v) is 19.3. The number of nitrogens with zero attached hydrogens (tertiary/aromatic N) is 3. The van der Waals surface area contributed by atoms with E-state index < -0.39 is 11.7 Å². The molecule has 2 heterocycles. The molecule has 36 heavy (non-hydrogen) atoms. The number of rotatable bonds is 4. The van der Waals surface area contributed by atoms with Crippen molar-refractivity contribution in [2.45, 2.75) is 43.9 Å². The zero-order valence-electron chi connectivity index (χ0n) is 19.3. The van der Waals surface area contributed by atoms with Gasteiger partial charge in [0.15, 0.2) is 5.96 Å². The Morgan fingerprint density at radius 2 is 1.86 bits per heavy atom. The lowest BCUT2D eigenvalue weighted by atomic mass is 9.98. The summed E-state index contributed by atoms with van der Waals surface area (Å²) in [5.74, 6) is 0.667. The molecule has 2 aliphatic rings. The molecule has 1 aliphatic carbocycles. The number of carbonyl (C=O) groups excluding carboxylic acids is 1. The number of guanidine groups is 1. The SMILES string of the molecule is NC(N)=NCc1ccc(NC(=O)N2c3nc(-c4cccc(C(F)(F)F)c4)ccc3C3CCCC32)cc1. The Labute approximate surface area is 206 Å². The average Bonchev–Trinajstić information content (AvgIpc) is 3.43. The monoisotopic (exact) mass is 494 g/mol. The molecule has 2 aromatic carbocycles. The number of hydrogen-bond acceptors (Lipinski definition) is 3. The largest absolute Gasteiger partial charge is 0.416 e. The Hall–Kier alpha value is -4.08. The Bertz CT molecular complexity index is 1320. The number of carbonyl (C=O) groups is 1. The van der Waals surface area contributed by atoms with Gasteiger partial charge < -0.3 is 16.8 Å². The van der Waals surface area contributed by atoms with Gasteiger partial charge in [0.25, 0.3) is 0 Å². The van der Waals surface area contributed by atoms with Crippen LogP contribution in [0, 0.1) is 0 Å². The second kappa shape index (κ2) is 9.18. The van der Waals surface area contributed by atoms with Crippen molar-refractivity contribution in [3.8, 4) is 11.3 Å². The van der Waals surface area contributed by atoms with E-state index in [4.69, 9.17) is 11.5 Å². The minimum Gasteiger partial charge on any atom is -0.370 e. The number of aromatic nitrogens is 1. The average molecular weight is 495 g/mol. The van der Waals surface area contributed by atoms with Crippen LogP contribution in [0.15, 0.2) is 65.7 Å². The van der Waals surface area contributed by atoms with Crippen molar-refractivity contribution in [2.75, 3.05) is 10.2 Å². The molecule has 1 saturated carbocycles. The predicted octanol–water partition coefficient (Wildman–Crippen LogP) is 5.23. The molecule has 5 N–H and O–H groups in total. The molecule has 1 aliphatic heterocycles. The van der Waals surface area contributed by atoms with Gasteiger partial charge in [-0.3, -0.25) is 4.90 Å². The van der Waals surface area contributed by atoms with Gasteiger partial charge in [-0.15, -0.1) is 0 Å². The van der Waals surface area contributed by atoms with E-state index in [9.17, 15) is 18.0 Å². The third kappa shape index (κ3) is 4.58. The van der Waals surface area contributed by atoms with E-state index in [1.165, 1.54) is 6.07 Å². The summed E-state index contributed by atoms with van der Waals surface area (Å²) in [6.07, 6.45) is -1.68. The van der Waals surface area contributed by atoms with Gasteiger partial charge in [-0.2, -0.15) is 13.2 Å². The summed E-state index contributed by atoms with van der Waals surface area (Å²) in [4.78, 5) is 23.7. The number of pyridine rings is 1. The number of fused-ring (bicyclic) bond motifs is 3. The van der Waals surface area contributed by atoms with E-state index in [1.54, 1.807) is 29.2 Å². The fourth-order valence-corrected chi connectivity index (χ4v) is 5.03. The Kier molecular flexibility index (Phi) is 6.03. The van der Waals surface area contributed by atoms with Gasteiger partial charge in [-0.25, -0.2) is 14.8 Å². The zero-order chi connectivity index (χ0) is 25.4. The summed E-state index contributed by atoms with van der Waals surface area (Å²) in [7, 11) is 0. The van der Waals surface area contributed by atoms with Crippen molar-refractivity contribution in [2.24, 2.45) is 16.5 Å². The molecule has 1 fully saturated rings. The smallest absolute Gasteiger partial charge is 0.370 e. The fraction of sp³-hybridized carbons (Fsp3) is 0.269. The molecule has 0 saturated heterocycles. The van der Waals surface area contributed by atoms with Crippen molar-refractivity contribution in [1.29, 1.82) is 0 Å². The van der Waals surface area contributed by atoms with Crippen LogP contribution in [-0.4, -0.2) is 23.0 Å². The number of halogens is 3. The maximum atomic E-state index is 13.4. The highest BCUT2D eigenvalue weighted by Gasteiger charge is 2.45. The molecular weight excluding hydrogens is 469 g/mol. The molecule has 2 amide bonds. The van der Waals surface area contributed by atoms with Gasteiger partial charge in [-0.1, -0.05) is 36.8 Å². The molecule has 0 bridgehead atoms. The summed E-state index contributed by atoms with van der Waals surface area (Å²) in [5, 5.41) is 2.93. The van der Waals surface area contributed by atoms with E-state index in [0.717, 1.165) is 42.5 Å². The first kappa shape index (κ1) is 23.7. The Balaban J connectivity index is 1.43. The van der Waals surface area contributed by atoms with Crippen molar-refractivity contribution < 1.29 is 18.0 Å². The van der Waals surface area contributed by atoms with Crippen LogP contribution in [0.3, 0.4) is 0 Å². The van der Waals surface area contributed by atoms with Crippen LogP contribution in [0.5, 0.6) is 0 Å². The molecule has 5 rings (SSSR count). The molecular formula is C26H25F3N6O. The molecule has 10 heteroatoms. The number of urea groups is 1. The van der Waals surface area contributed by atoms with Crippen molar-refractivity contribution in [3.63, 3.8) is 0 Å². The number of alkyl halides is 3. The van der Waals surface area contributed by atoms with Gasteiger partial charge in [0.2, 0.25) is 0 Å². The van der Waals surface area contributed by atoms with Crippen LogP contribution < -0.4 is 21.7 Å². The van der Waals surface area contributed by atoms with Crippen LogP contribution in [0.1, 0.15) is 41.9 Å². The normalized spacial score (nSPS) is 18.5. The molecule has 2 unspecified atom stereocenters. The van der Waals surface area contributed by atoms with E-state index >= 15 is 0 Å². The molecule has 0 radical (unpaired) electrons. The molecule has 186 valence electrons. The van der Waals surface area contributed by atoms with Crippen LogP contribution in [0.2, 0.25) is 0 Å². The van der Waals surface area contributed by atoms with Crippen molar-refractivity contribution in [3.05, 3.63) is 77.4 Å². The second-order valence-electron chi connectivity index (χ2n) is 9.03. The Morgan fingerprint density at radius 3 is 2.58 bits per heavy atom. The second-order valence-corrected chi connectivity index (χ2v) is 9.03. The first-order valence-electron chi connectivity index (χ1n) is 11.6. The molecule has 3 aromatic rings. The molecule has 0 spiro atoms. The number of aliphatic imine (C=N–C) groups is 1. The van der Waals surface area contributed by atoms with Crippen LogP contribution in [0.4, 0.5) is 29.5 Å². The van der Waals surface area contributed by atoms with Gasteiger partial charge in [0, 0.05) is 28.8 Å². The highest BCUT2D eigenvalue weighted by molar-refractivity contribution is 6.03. The van der Waals surface area contributed by atoms with Gasteiger partial charge in [0.05, 0.1) is 17.8 Å². The predicted molar refractivity (Wildman–Crippen MR) is 133 cm³/mol. The van der Waals surface area contributed by atoms with Gasteiger partial charge >= 0.3 is 12.2 Å². The number of anilines is 2. The van der Waals surface area contributed by atoms with Crippen molar-refractivity contribution >= 4 is 23.5 Å². The number of nitrogens with two attached hydrogens (primary N) is 2. The summed E-state index contributed by atoms with van der Waals surface area (Å²) < 4.78 is 39.7. The summed E-state index contributed by atoms with van der Waals surface area (Å²) in [6, 6.07) is 15.5. The maximum Gasteiger partial charge on any atom is 0.416 e. The standard InChI is InChI=1S/C26H25F3N6O/c27-26(28,29)17-4-1-3-16(13-17)21-12-11-20-19-5-2-6-22(19)35(23(20)34-21)25(36)33-18-9-7-15(8-10-18)14-32-24(30)31/h1,3-4,7-13,19,22H,2,5-6,14H2,(H,33,36)(H4,30,31,32). The first-order valence-corrected chi connectivity index (χ1v) is 11.6. The fourth-order valence-electron chi connectivity index (χ4n) is 5.03. The first-order chi connectivity index (χ1) is 17.2. The number of hydrogen-bond donors (Lipinski definition) is 3. The lowest BCUT2D eigenvalue weighted by Crippen LogP contribution is -2.40. The number of nitrogens with one attached hydrogen (secondary N) is 1. The van der Waals surface area contributed by atoms with Crippen LogP contribution in [-0.2, 0) is 12.7 Å². The molecule has 1 aromatic heterocycles. The van der Waals surface area contributed by atoms with Crippen molar-refractivity contribution in [1.82, 2.24) is 4.98 Å². The summed E-state index contributed by atoms with van der Waals surface area (Å²) in [5.41, 5.74) is 13.2. The van der Waals surface area contributed by atoms with E-state index in [2.05, 4.69) is 15.3 Å². The van der Waals surface area contributed by atoms with Crippen LogP contribution >= 0.6 is 0 Å². The number of benzene rings is 2. The quantitative estimate of drug-likeness (QED) is 0.341. The minimum absolute atomic E-state index is 0.00296.